The monoisotopic (exact) mass is 425 g/mol. The molecule has 5 nitrogen and oxygen atoms in total. The zero-order valence-corrected chi connectivity index (χ0v) is 18.2. The lowest BCUT2D eigenvalue weighted by atomic mass is 9.95. The fourth-order valence-electron chi connectivity index (χ4n) is 3.97. The van der Waals surface area contributed by atoms with E-state index >= 15 is 0 Å². The molecule has 1 amide bonds. The standard InChI is InChI=1S/C24H24ClNO4/c1-13(2)15-5-7-16(8-6-15)21-20-22(27)17-12-18(25)14(3)11-19(17)30-23(20)24(28)26(21)9-10-29-4/h5-8,11-13,21H,9-10H2,1-4H3. The number of ether oxygens (including phenoxy) is 1. The van der Waals surface area contributed by atoms with Crippen LogP contribution in [0.25, 0.3) is 11.0 Å². The number of rotatable bonds is 5. The maximum Gasteiger partial charge on any atom is 0.290 e. The number of aryl methyl sites for hydroxylation is 1. The summed E-state index contributed by atoms with van der Waals surface area (Å²) in [7, 11) is 1.59. The Morgan fingerprint density at radius 1 is 1.17 bits per heavy atom. The lowest BCUT2D eigenvalue weighted by Gasteiger charge is -2.25. The highest BCUT2D eigenvalue weighted by Gasteiger charge is 2.42. The number of carbonyl (C=O) groups excluding carboxylic acids is 1. The van der Waals surface area contributed by atoms with Gasteiger partial charge in [-0.1, -0.05) is 49.7 Å². The summed E-state index contributed by atoms with van der Waals surface area (Å²) in [5, 5.41) is 0.877. The Labute approximate surface area is 180 Å². The van der Waals surface area contributed by atoms with Crippen molar-refractivity contribution in [2.75, 3.05) is 20.3 Å². The summed E-state index contributed by atoms with van der Waals surface area (Å²) in [4.78, 5) is 28.3. The summed E-state index contributed by atoms with van der Waals surface area (Å²) in [6.45, 7) is 6.80. The molecule has 156 valence electrons. The molecule has 2 heterocycles. The summed E-state index contributed by atoms with van der Waals surface area (Å²) in [6.07, 6.45) is 0. The van der Waals surface area contributed by atoms with Crippen molar-refractivity contribution in [1.82, 2.24) is 4.90 Å². The third-order valence-corrected chi connectivity index (χ3v) is 6.11. The van der Waals surface area contributed by atoms with Crippen molar-refractivity contribution < 1.29 is 13.9 Å². The molecule has 0 radical (unpaired) electrons. The van der Waals surface area contributed by atoms with Crippen LogP contribution in [0.1, 0.15) is 58.6 Å². The van der Waals surface area contributed by atoms with Crippen molar-refractivity contribution in [1.29, 1.82) is 0 Å². The van der Waals surface area contributed by atoms with Crippen LogP contribution in [0.5, 0.6) is 0 Å². The molecule has 2 aromatic carbocycles. The number of fused-ring (bicyclic) bond motifs is 2. The van der Waals surface area contributed by atoms with Gasteiger partial charge in [0.1, 0.15) is 5.58 Å². The average Bonchev–Trinajstić information content (AvgIpc) is 3.00. The molecule has 0 bridgehead atoms. The molecule has 4 rings (SSSR count). The molecule has 1 aliphatic rings. The molecule has 1 aromatic heterocycles. The van der Waals surface area contributed by atoms with Crippen LogP contribution in [-0.4, -0.2) is 31.1 Å². The molecule has 1 aliphatic heterocycles. The van der Waals surface area contributed by atoms with Gasteiger partial charge in [-0.05, 0) is 41.7 Å². The Kier molecular flexibility index (Phi) is 5.43. The maximum atomic E-state index is 13.5. The molecule has 6 heteroatoms. The van der Waals surface area contributed by atoms with Crippen LogP contribution in [0.2, 0.25) is 5.02 Å². The first-order valence-corrected chi connectivity index (χ1v) is 10.4. The van der Waals surface area contributed by atoms with Crippen LogP contribution in [0.15, 0.2) is 45.6 Å². The van der Waals surface area contributed by atoms with Crippen LogP contribution in [0, 0.1) is 6.92 Å². The molecule has 0 saturated carbocycles. The Bertz CT molecular complexity index is 1180. The fourth-order valence-corrected chi connectivity index (χ4v) is 4.13. The molecule has 3 aromatic rings. The molecule has 0 aliphatic carbocycles. The average molecular weight is 426 g/mol. The minimum atomic E-state index is -0.524. The lowest BCUT2D eigenvalue weighted by Crippen LogP contribution is -2.32. The van der Waals surface area contributed by atoms with E-state index in [9.17, 15) is 9.59 Å². The molecular weight excluding hydrogens is 402 g/mol. The van der Waals surface area contributed by atoms with E-state index in [0.29, 0.717) is 40.6 Å². The van der Waals surface area contributed by atoms with Gasteiger partial charge in [0, 0.05) is 18.7 Å². The third-order valence-electron chi connectivity index (χ3n) is 5.70. The summed E-state index contributed by atoms with van der Waals surface area (Å²) >= 11 is 6.26. The van der Waals surface area contributed by atoms with Crippen LogP contribution in [0.4, 0.5) is 0 Å². The second kappa shape index (κ2) is 7.89. The first kappa shape index (κ1) is 20.6. The molecule has 0 spiro atoms. The lowest BCUT2D eigenvalue weighted by molar-refractivity contribution is 0.0663. The van der Waals surface area contributed by atoms with E-state index in [-0.39, 0.29) is 17.1 Å². The second-order valence-electron chi connectivity index (χ2n) is 7.99. The van der Waals surface area contributed by atoms with E-state index in [1.54, 1.807) is 24.1 Å². The zero-order valence-electron chi connectivity index (χ0n) is 17.5. The van der Waals surface area contributed by atoms with Crippen molar-refractivity contribution >= 4 is 28.5 Å². The maximum absolute atomic E-state index is 13.5. The predicted molar refractivity (Wildman–Crippen MR) is 118 cm³/mol. The summed E-state index contributed by atoms with van der Waals surface area (Å²) in [5.41, 5.74) is 3.36. The smallest absolute Gasteiger partial charge is 0.290 e. The SMILES string of the molecule is COCCN1C(=O)c2oc3cc(C)c(Cl)cc3c(=O)c2C1c1ccc(C(C)C)cc1. The fraction of sp³-hybridized carbons (Fsp3) is 0.333. The quantitative estimate of drug-likeness (QED) is 0.572. The van der Waals surface area contributed by atoms with Gasteiger partial charge in [-0.15, -0.1) is 0 Å². The number of hydrogen-bond acceptors (Lipinski definition) is 4. The van der Waals surface area contributed by atoms with Crippen molar-refractivity contribution in [2.45, 2.75) is 32.7 Å². The highest BCUT2D eigenvalue weighted by Crippen LogP contribution is 2.38. The zero-order chi connectivity index (χ0) is 21.6. The van der Waals surface area contributed by atoms with E-state index in [1.165, 1.54) is 5.56 Å². The Morgan fingerprint density at radius 2 is 1.87 bits per heavy atom. The molecule has 0 saturated heterocycles. The molecule has 1 unspecified atom stereocenters. The minimum absolute atomic E-state index is 0.100. The van der Waals surface area contributed by atoms with Gasteiger partial charge in [-0.25, -0.2) is 0 Å². The summed E-state index contributed by atoms with van der Waals surface area (Å²) < 4.78 is 11.2. The van der Waals surface area contributed by atoms with E-state index in [2.05, 4.69) is 13.8 Å². The Balaban J connectivity index is 1.94. The molecule has 1 atom stereocenters. The van der Waals surface area contributed by atoms with Crippen LogP contribution >= 0.6 is 11.6 Å². The third kappa shape index (κ3) is 3.32. The number of carbonyl (C=O) groups is 1. The number of amides is 1. The topological polar surface area (TPSA) is 59.8 Å². The van der Waals surface area contributed by atoms with Gasteiger partial charge in [0.25, 0.3) is 5.91 Å². The predicted octanol–water partition coefficient (Wildman–Crippen LogP) is 5.07. The number of nitrogens with zero attached hydrogens (tertiary/aromatic N) is 1. The van der Waals surface area contributed by atoms with E-state index in [4.69, 9.17) is 20.8 Å². The van der Waals surface area contributed by atoms with Crippen molar-refractivity contribution in [3.05, 3.63) is 79.7 Å². The second-order valence-corrected chi connectivity index (χ2v) is 8.39. The van der Waals surface area contributed by atoms with Crippen LogP contribution < -0.4 is 5.43 Å². The van der Waals surface area contributed by atoms with Crippen molar-refractivity contribution in [3.8, 4) is 0 Å². The molecule has 0 fully saturated rings. The van der Waals surface area contributed by atoms with E-state index in [0.717, 1.165) is 11.1 Å². The first-order chi connectivity index (χ1) is 14.3. The number of halogens is 1. The summed E-state index contributed by atoms with van der Waals surface area (Å²) in [5.74, 6) is 0.190. The van der Waals surface area contributed by atoms with Crippen LogP contribution in [0.3, 0.4) is 0 Å². The van der Waals surface area contributed by atoms with Gasteiger partial charge < -0.3 is 14.1 Å². The highest BCUT2D eigenvalue weighted by atomic mass is 35.5. The normalized spacial score (nSPS) is 16.0. The highest BCUT2D eigenvalue weighted by molar-refractivity contribution is 6.32. The van der Waals surface area contributed by atoms with Gasteiger partial charge in [0.15, 0.2) is 5.43 Å². The Morgan fingerprint density at radius 3 is 2.50 bits per heavy atom. The minimum Gasteiger partial charge on any atom is -0.450 e. The van der Waals surface area contributed by atoms with Gasteiger partial charge in [-0.3, -0.25) is 9.59 Å². The number of methoxy groups -OCH3 is 1. The van der Waals surface area contributed by atoms with Gasteiger partial charge in [-0.2, -0.15) is 0 Å². The van der Waals surface area contributed by atoms with E-state index < -0.39 is 6.04 Å². The number of benzene rings is 2. The molecule has 0 N–H and O–H groups in total. The number of hydrogen-bond donors (Lipinski definition) is 0. The van der Waals surface area contributed by atoms with Crippen molar-refractivity contribution in [3.63, 3.8) is 0 Å². The van der Waals surface area contributed by atoms with Gasteiger partial charge in [0.2, 0.25) is 5.76 Å². The van der Waals surface area contributed by atoms with E-state index in [1.807, 2.05) is 31.2 Å². The molecular formula is C24H24ClNO4. The largest absolute Gasteiger partial charge is 0.450 e. The van der Waals surface area contributed by atoms with Crippen molar-refractivity contribution in [2.24, 2.45) is 0 Å². The first-order valence-electron chi connectivity index (χ1n) is 10.00. The van der Waals surface area contributed by atoms with Gasteiger partial charge in [0.05, 0.1) is 23.6 Å². The van der Waals surface area contributed by atoms with Gasteiger partial charge >= 0.3 is 0 Å². The molecule has 30 heavy (non-hydrogen) atoms. The Hall–Kier alpha value is -2.63. The summed E-state index contributed by atoms with van der Waals surface area (Å²) in [6, 6.07) is 10.8. The van der Waals surface area contributed by atoms with Crippen LogP contribution in [-0.2, 0) is 4.74 Å².